The Kier molecular flexibility index (Phi) is 5.70. The SMILES string of the molecule is Cc1ccc(NC(=O)c2ccc(N)c([N+](=O)[O-])c2)cc1NS(=O)(=O)c1ccccc1. The number of carbonyl (C=O) groups excluding carboxylic acids is 1. The smallest absolute Gasteiger partial charge is 0.292 e. The van der Waals surface area contributed by atoms with Crippen molar-refractivity contribution in [1.82, 2.24) is 0 Å². The molecular formula is C20H18N4O5S. The molecule has 30 heavy (non-hydrogen) atoms. The van der Waals surface area contributed by atoms with Gasteiger partial charge in [-0.2, -0.15) is 0 Å². The zero-order chi connectivity index (χ0) is 21.9. The Morgan fingerprint density at radius 1 is 1.03 bits per heavy atom. The molecule has 0 aliphatic rings. The molecule has 0 saturated carbocycles. The van der Waals surface area contributed by atoms with Crippen LogP contribution in [0.5, 0.6) is 0 Å². The molecule has 0 bridgehead atoms. The van der Waals surface area contributed by atoms with Crippen LogP contribution in [0, 0.1) is 17.0 Å². The maximum atomic E-state index is 12.6. The number of hydrogen-bond acceptors (Lipinski definition) is 6. The number of hydrogen-bond donors (Lipinski definition) is 3. The predicted octanol–water partition coefficient (Wildman–Crippen LogP) is 3.54. The maximum Gasteiger partial charge on any atom is 0.292 e. The summed E-state index contributed by atoms with van der Waals surface area (Å²) in [5.74, 6) is -0.598. The third-order valence-electron chi connectivity index (χ3n) is 4.28. The van der Waals surface area contributed by atoms with Gasteiger partial charge in [0, 0.05) is 17.3 Å². The van der Waals surface area contributed by atoms with E-state index >= 15 is 0 Å². The second-order valence-electron chi connectivity index (χ2n) is 6.43. The summed E-state index contributed by atoms with van der Waals surface area (Å²) in [4.78, 5) is 22.9. The van der Waals surface area contributed by atoms with Crippen LogP contribution in [0.1, 0.15) is 15.9 Å². The first kappa shape index (κ1) is 20.8. The summed E-state index contributed by atoms with van der Waals surface area (Å²) in [6.07, 6.45) is 0. The van der Waals surface area contributed by atoms with Gasteiger partial charge in [-0.1, -0.05) is 24.3 Å². The minimum Gasteiger partial charge on any atom is -0.393 e. The largest absolute Gasteiger partial charge is 0.393 e. The van der Waals surface area contributed by atoms with E-state index in [4.69, 9.17) is 5.73 Å². The van der Waals surface area contributed by atoms with Gasteiger partial charge in [0.05, 0.1) is 15.5 Å². The number of carbonyl (C=O) groups is 1. The summed E-state index contributed by atoms with van der Waals surface area (Å²) in [6, 6.07) is 16.3. The molecule has 0 fully saturated rings. The Labute approximate surface area is 172 Å². The zero-order valence-electron chi connectivity index (χ0n) is 15.8. The third-order valence-corrected chi connectivity index (χ3v) is 5.66. The Hall–Kier alpha value is -3.92. The van der Waals surface area contributed by atoms with Gasteiger partial charge in [0.25, 0.3) is 21.6 Å². The summed E-state index contributed by atoms with van der Waals surface area (Å²) in [5, 5.41) is 13.6. The molecule has 1 amide bonds. The fraction of sp³-hybridized carbons (Fsp3) is 0.0500. The molecule has 0 unspecified atom stereocenters. The number of nitro groups is 1. The van der Waals surface area contributed by atoms with Gasteiger partial charge >= 0.3 is 0 Å². The van der Waals surface area contributed by atoms with Crippen LogP contribution < -0.4 is 15.8 Å². The standard InChI is InChI=1S/C20H18N4O5S/c1-13-7-9-15(12-18(13)23-30(28,29)16-5-3-2-4-6-16)22-20(25)14-8-10-17(21)19(11-14)24(26)27/h2-12,23H,21H2,1H3,(H,22,25). The number of nitrogens with one attached hydrogen (secondary N) is 2. The lowest BCUT2D eigenvalue weighted by Gasteiger charge is -2.13. The molecule has 9 nitrogen and oxygen atoms in total. The highest BCUT2D eigenvalue weighted by Crippen LogP contribution is 2.26. The van der Waals surface area contributed by atoms with Crippen LogP contribution in [0.4, 0.5) is 22.7 Å². The van der Waals surface area contributed by atoms with Gasteiger partial charge in [-0.15, -0.1) is 0 Å². The molecule has 0 heterocycles. The average Bonchev–Trinajstić information content (AvgIpc) is 2.71. The van der Waals surface area contributed by atoms with Crippen LogP contribution in [0.2, 0.25) is 0 Å². The first-order chi connectivity index (χ1) is 14.2. The number of anilines is 3. The van der Waals surface area contributed by atoms with E-state index in [0.29, 0.717) is 16.9 Å². The van der Waals surface area contributed by atoms with Gasteiger partial charge in [-0.3, -0.25) is 19.6 Å². The predicted molar refractivity (Wildman–Crippen MR) is 114 cm³/mol. The second kappa shape index (κ2) is 8.21. The van der Waals surface area contributed by atoms with E-state index in [-0.39, 0.29) is 21.8 Å². The average molecular weight is 426 g/mol. The van der Waals surface area contributed by atoms with Gasteiger partial charge in [0.1, 0.15) is 5.69 Å². The number of nitrogens with two attached hydrogens (primary N) is 1. The fourth-order valence-corrected chi connectivity index (χ4v) is 3.80. The van der Waals surface area contributed by atoms with Gasteiger partial charge < -0.3 is 11.1 Å². The molecule has 3 aromatic carbocycles. The summed E-state index contributed by atoms with van der Waals surface area (Å²) in [6.45, 7) is 1.72. The van der Waals surface area contributed by atoms with Crippen molar-refractivity contribution in [2.45, 2.75) is 11.8 Å². The normalized spacial score (nSPS) is 11.0. The van der Waals surface area contributed by atoms with Crippen molar-refractivity contribution in [1.29, 1.82) is 0 Å². The lowest BCUT2D eigenvalue weighted by atomic mass is 10.1. The number of nitrogens with zero attached hydrogens (tertiary/aromatic N) is 1. The van der Waals surface area contributed by atoms with Crippen molar-refractivity contribution < 1.29 is 18.1 Å². The topological polar surface area (TPSA) is 144 Å². The highest BCUT2D eigenvalue weighted by atomic mass is 32.2. The Morgan fingerprint density at radius 3 is 2.40 bits per heavy atom. The van der Waals surface area contributed by atoms with Crippen molar-refractivity contribution in [2.24, 2.45) is 0 Å². The molecule has 154 valence electrons. The molecule has 0 spiro atoms. The monoisotopic (exact) mass is 426 g/mol. The molecule has 0 radical (unpaired) electrons. The highest BCUT2D eigenvalue weighted by molar-refractivity contribution is 7.92. The molecule has 3 rings (SSSR count). The first-order valence-corrected chi connectivity index (χ1v) is 10.2. The van der Waals surface area contributed by atoms with E-state index in [1.807, 2.05) is 0 Å². The van der Waals surface area contributed by atoms with E-state index in [9.17, 15) is 23.3 Å². The number of benzene rings is 3. The molecule has 0 aromatic heterocycles. The minimum absolute atomic E-state index is 0.0443. The van der Waals surface area contributed by atoms with Crippen LogP contribution in [-0.2, 0) is 10.0 Å². The molecule has 0 atom stereocenters. The van der Waals surface area contributed by atoms with Crippen molar-refractivity contribution in [3.8, 4) is 0 Å². The quantitative estimate of drug-likeness (QED) is 0.312. The van der Waals surface area contributed by atoms with E-state index in [2.05, 4.69) is 10.0 Å². The molecule has 3 aromatic rings. The summed E-state index contributed by atoms with van der Waals surface area (Å²) < 4.78 is 27.6. The Balaban J connectivity index is 1.84. The molecule has 0 aliphatic heterocycles. The second-order valence-corrected chi connectivity index (χ2v) is 8.12. The van der Waals surface area contributed by atoms with Crippen LogP contribution in [0.3, 0.4) is 0 Å². The Bertz CT molecular complexity index is 1230. The number of aryl methyl sites for hydroxylation is 1. The highest BCUT2D eigenvalue weighted by Gasteiger charge is 2.18. The molecule has 0 aliphatic carbocycles. The fourth-order valence-electron chi connectivity index (χ4n) is 2.66. The summed E-state index contributed by atoms with van der Waals surface area (Å²) in [7, 11) is -3.80. The van der Waals surface area contributed by atoms with E-state index < -0.39 is 20.9 Å². The van der Waals surface area contributed by atoms with E-state index in [1.165, 1.54) is 30.3 Å². The number of nitro benzene ring substituents is 1. The molecule has 4 N–H and O–H groups in total. The van der Waals surface area contributed by atoms with Crippen molar-refractivity contribution in [2.75, 3.05) is 15.8 Å². The Morgan fingerprint density at radius 2 is 1.73 bits per heavy atom. The lowest BCUT2D eigenvalue weighted by molar-refractivity contribution is -0.383. The summed E-state index contributed by atoms with van der Waals surface area (Å²) in [5.41, 5.74) is 6.42. The molecule has 0 saturated heterocycles. The number of amides is 1. The number of rotatable bonds is 6. The molecular weight excluding hydrogens is 408 g/mol. The van der Waals surface area contributed by atoms with Gasteiger partial charge in [-0.05, 0) is 48.9 Å². The number of nitrogen functional groups attached to an aromatic ring is 1. The van der Waals surface area contributed by atoms with Crippen LogP contribution in [0.15, 0.2) is 71.6 Å². The van der Waals surface area contributed by atoms with Crippen LogP contribution in [-0.4, -0.2) is 19.2 Å². The summed E-state index contributed by atoms with van der Waals surface area (Å²) >= 11 is 0. The maximum absolute atomic E-state index is 12.6. The van der Waals surface area contributed by atoms with Gasteiger partial charge in [-0.25, -0.2) is 8.42 Å². The van der Waals surface area contributed by atoms with Crippen molar-refractivity contribution in [3.63, 3.8) is 0 Å². The van der Waals surface area contributed by atoms with Gasteiger partial charge in [0.2, 0.25) is 0 Å². The number of sulfonamides is 1. The van der Waals surface area contributed by atoms with E-state index in [1.54, 1.807) is 37.3 Å². The van der Waals surface area contributed by atoms with Crippen LogP contribution >= 0.6 is 0 Å². The first-order valence-electron chi connectivity index (χ1n) is 8.71. The van der Waals surface area contributed by atoms with E-state index in [0.717, 1.165) is 6.07 Å². The van der Waals surface area contributed by atoms with Crippen molar-refractivity contribution in [3.05, 3.63) is 88.0 Å². The van der Waals surface area contributed by atoms with Crippen LogP contribution in [0.25, 0.3) is 0 Å². The molecule has 10 heteroatoms. The zero-order valence-corrected chi connectivity index (χ0v) is 16.6. The minimum atomic E-state index is -3.80. The third kappa shape index (κ3) is 4.55. The van der Waals surface area contributed by atoms with Crippen molar-refractivity contribution >= 4 is 38.7 Å². The lowest BCUT2D eigenvalue weighted by Crippen LogP contribution is -2.15. The van der Waals surface area contributed by atoms with Gasteiger partial charge in [0.15, 0.2) is 0 Å².